The number of benzene rings is 4. The Bertz CT molecular complexity index is 2070. The number of amides is 1. The van der Waals surface area contributed by atoms with Gasteiger partial charge in [-0.15, -0.1) is 0 Å². The van der Waals surface area contributed by atoms with Crippen LogP contribution in [0.15, 0.2) is 138 Å². The fourth-order valence-corrected chi connectivity index (χ4v) is 6.77. The fraction of sp³-hybridized carbons (Fsp3) is 0.216. The predicted molar refractivity (Wildman–Crippen MR) is 191 cm³/mol. The Balaban J connectivity index is 1.44. The van der Waals surface area contributed by atoms with Crippen LogP contribution < -0.4 is 11.0 Å². The zero-order valence-electron chi connectivity index (χ0n) is 32.1. The van der Waals surface area contributed by atoms with Crippen LogP contribution in [0, 0.1) is 0 Å². The third-order valence-electron chi connectivity index (χ3n) is 8.28. The van der Waals surface area contributed by atoms with E-state index >= 15 is 0 Å². The molecule has 1 unspecified atom stereocenters. The van der Waals surface area contributed by atoms with Gasteiger partial charge in [0.25, 0.3) is 5.91 Å². The number of carbonyl (C=O) groups is 1. The van der Waals surface area contributed by atoms with E-state index in [-0.39, 0.29) is 23.6 Å². The molecule has 1 saturated heterocycles. The molecule has 1 amide bonds. The van der Waals surface area contributed by atoms with E-state index < -0.39 is 56.9 Å². The van der Waals surface area contributed by atoms with Crippen LogP contribution in [0.1, 0.15) is 41.5 Å². The Kier molecular flexibility index (Phi) is 8.40. The summed E-state index contributed by atoms with van der Waals surface area (Å²) in [6.45, 7) is -12.3. The second-order valence-corrected chi connectivity index (χ2v) is 14.2. The quantitative estimate of drug-likeness (QED) is 0.121. The van der Waals surface area contributed by atoms with Gasteiger partial charge < -0.3 is 14.6 Å². The normalized spacial score (nSPS) is 20.4. The molecule has 0 spiro atoms. The van der Waals surface area contributed by atoms with Crippen LogP contribution in [0.25, 0.3) is 0 Å². The fourth-order valence-electron chi connectivity index (χ4n) is 6.13. The van der Waals surface area contributed by atoms with Gasteiger partial charge in [-0.25, -0.2) is 9.46 Å². The van der Waals surface area contributed by atoms with Crippen molar-refractivity contribution in [2.24, 2.45) is 0 Å². The molecular weight excluding hydrogens is 661 g/mol. The number of morpholine rings is 1. The maximum Gasteiger partial charge on any atom is 0.362 e. The van der Waals surface area contributed by atoms with E-state index in [1.807, 2.05) is 91.0 Å². The summed E-state index contributed by atoms with van der Waals surface area (Å²) < 4.78 is 73.0. The molecule has 12 heteroatoms. The van der Waals surface area contributed by atoms with Crippen LogP contribution >= 0.6 is 18.1 Å². The lowest BCUT2D eigenvalue weighted by atomic mass is 9.75. The summed E-state index contributed by atoms with van der Waals surface area (Å²) in [5.41, 5.74) is 1.14. The molecule has 49 heavy (non-hydrogen) atoms. The number of rotatable bonds is 11. The first-order chi connectivity index (χ1) is 26.1. The van der Waals surface area contributed by atoms with Crippen molar-refractivity contribution < 1.29 is 26.8 Å². The molecule has 1 aliphatic rings. The van der Waals surface area contributed by atoms with Crippen molar-refractivity contribution >= 4 is 29.8 Å². The molecule has 252 valence electrons. The molecule has 1 N–H and O–H groups in total. The van der Waals surface area contributed by atoms with Crippen LogP contribution in [0.5, 0.6) is 0 Å². The van der Waals surface area contributed by atoms with Gasteiger partial charge in [0.1, 0.15) is 5.82 Å². The van der Waals surface area contributed by atoms with Gasteiger partial charge in [-0.05, 0) is 60.1 Å². The number of nitrogens with zero attached hydrogens (tertiary/aromatic N) is 4. The van der Waals surface area contributed by atoms with E-state index in [1.54, 1.807) is 30.3 Å². The minimum absolute atomic E-state index is 0.00681. The Morgan fingerprint density at radius 3 is 1.96 bits per heavy atom. The molecular formula is C37H37ClN5O5P. The first kappa shape index (κ1) is 27.4. The summed E-state index contributed by atoms with van der Waals surface area (Å²) in [7, 11) is 0. The lowest BCUT2D eigenvalue weighted by Gasteiger charge is -2.50. The molecule has 1 fully saturated rings. The Morgan fingerprint density at radius 1 is 0.918 bits per heavy atom. The molecule has 1 aromatic heterocycles. The van der Waals surface area contributed by atoms with Crippen LogP contribution in [0.4, 0.5) is 5.82 Å². The van der Waals surface area contributed by atoms with Crippen molar-refractivity contribution in [2.45, 2.75) is 17.9 Å². The number of carbonyl (C=O) groups excluding carboxylic acids is 1. The predicted octanol–water partition coefficient (Wildman–Crippen LogP) is 6.61. The highest BCUT2D eigenvalue weighted by Gasteiger charge is 2.47. The molecule has 4 aromatic carbocycles. The van der Waals surface area contributed by atoms with Gasteiger partial charge in [0.2, 0.25) is 0 Å². The maximum atomic E-state index is 13.7. The molecule has 0 aliphatic carbocycles. The summed E-state index contributed by atoms with van der Waals surface area (Å²) in [4.78, 5) is 32.7. The van der Waals surface area contributed by atoms with Gasteiger partial charge in [0.15, 0.2) is 6.23 Å². The van der Waals surface area contributed by atoms with Crippen molar-refractivity contribution in [2.75, 3.05) is 39.0 Å². The van der Waals surface area contributed by atoms with Crippen molar-refractivity contribution in [1.82, 2.24) is 19.1 Å². The van der Waals surface area contributed by atoms with E-state index in [0.29, 0.717) is 5.56 Å². The van der Waals surface area contributed by atoms with E-state index in [9.17, 15) is 14.2 Å². The van der Waals surface area contributed by atoms with Gasteiger partial charge in [-0.1, -0.05) is 109 Å². The van der Waals surface area contributed by atoms with E-state index in [2.05, 4.69) is 15.2 Å². The first-order valence-corrected chi connectivity index (χ1v) is 17.9. The molecule has 0 bridgehead atoms. The van der Waals surface area contributed by atoms with Crippen LogP contribution in [0.3, 0.4) is 0 Å². The van der Waals surface area contributed by atoms with Crippen molar-refractivity contribution in [3.63, 3.8) is 0 Å². The standard InChI is InChI=1S/C37H37ClN5O5P/c1-41(2)49(38,46)47-27-32-25-42(26-34(48-32)43-24-23-33(40-36(43)45)39-35(44)28-15-7-3-8-16-28)37(29-17-9-4-10-18-29,30-19-11-5-12-20-30)31-21-13-6-14-22-31/h3-24,32,34H,25-27H2,1-2H3,(H,39,40,44,45)/t32-,34+,49?/m0/s1/i1D3,2D3. The average Bonchev–Trinajstić information content (AvgIpc) is 3.15. The van der Waals surface area contributed by atoms with Gasteiger partial charge in [-0.2, -0.15) is 4.98 Å². The molecule has 0 radical (unpaired) electrons. The second-order valence-electron chi connectivity index (χ2n) is 11.3. The van der Waals surface area contributed by atoms with Crippen molar-refractivity contribution in [1.29, 1.82) is 0 Å². The monoisotopic (exact) mass is 703 g/mol. The first-order valence-electron chi connectivity index (χ1n) is 18.4. The highest BCUT2D eigenvalue weighted by molar-refractivity contribution is 7.83. The highest BCUT2D eigenvalue weighted by Crippen LogP contribution is 2.54. The van der Waals surface area contributed by atoms with Gasteiger partial charge in [0, 0.05) is 33.1 Å². The summed E-state index contributed by atoms with van der Waals surface area (Å²) in [6.07, 6.45) is -0.733. The molecule has 10 nitrogen and oxygen atoms in total. The number of hydrogen-bond donors (Lipinski definition) is 1. The van der Waals surface area contributed by atoms with Crippen molar-refractivity contribution in [3.05, 3.63) is 166 Å². The Morgan fingerprint density at radius 2 is 1.45 bits per heavy atom. The van der Waals surface area contributed by atoms with Gasteiger partial charge in [0.05, 0.1) is 18.2 Å². The number of aromatic nitrogens is 2. The topological polar surface area (TPSA) is 106 Å². The second kappa shape index (κ2) is 15.0. The number of ether oxygens (including phenoxy) is 1. The summed E-state index contributed by atoms with van der Waals surface area (Å²) in [6, 6.07) is 38.9. The SMILES string of the molecule is [2H]C([2H])([2H])N(C([2H])([2H])[2H])P(=O)(Cl)OC[C@@H]1CN(C(c2ccccc2)(c2ccccc2)c2ccccc2)C[C@H](n2ccc(NC(=O)c3ccccc3)nc2=O)O1. The number of nitrogens with one attached hydrogen (secondary N) is 1. The van der Waals surface area contributed by atoms with Crippen LogP contribution in [0.2, 0.25) is 0 Å². The lowest BCUT2D eigenvalue weighted by molar-refractivity contribution is -0.148. The molecule has 6 rings (SSSR count). The Labute approximate surface area is 298 Å². The average molecular weight is 704 g/mol. The summed E-state index contributed by atoms with van der Waals surface area (Å²) in [5.74, 6) is -0.457. The molecule has 1 aliphatic heterocycles. The maximum absolute atomic E-state index is 13.7. The largest absolute Gasteiger partial charge is 0.362 e. The number of halogens is 1. The lowest BCUT2D eigenvalue weighted by Crippen LogP contribution is -2.58. The van der Waals surface area contributed by atoms with Gasteiger partial charge >= 0.3 is 12.6 Å². The van der Waals surface area contributed by atoms with E-state index in [4.69, 9.17) is 28.7 Å². The summed E-state index contributed by atoms with van der Waals surface area (Å²) in [5, 5.41) is 2.63. The van der Waals surface area contributed by atoms with Gasteiger partial charge in [-0.3, -0.25) is 18.8 Å². The molecule has 0 saturated carbocycles. The van der Waals surface area contributed by atoms with Crippen LogP contribution in [-0.4, -0.2) is 64.8 Å². The molecule has 3 atom stereocenters. The minimum Gasteiger partial charge on any atom is -0.350 e. The highest BCUT2D eigenvalue weighted by atomic mass is 35.7. The number of anilines is 1. The minimum atomic E-state index is -5.03. The smallest absolute Gasteiger partial charge is 0.350 e. The zero-order valence-corrected chi connectivity index (χ0v) is 27.8. The summed E-state index contributed by atoms with van der Waals surface area (Å²) >= 11 is 6.16. The molecule has 2 heterocycles. The zero-order chi connectivity index (χ0) is 39.4. The third kappa shape index (κ3) is 7.45. The van der Waals surface area contributed by atoms with E-state index in [0.717, 1.165) is 16.7 Å². The number of hydrogen-bond acceptors (Lipinski definition) is 7. The van der Waals surface area contributed by atoms with Crippen molar-refractivity contribution in [3.8, 4) is 0 Å². The Hall–Kier alpha value is -4.41. The molecule has 5 aromatic rings. The van der Waals surface area contributed by atoms with E-state index in [1.165, 1.54) is 16.8 Å². The third-order valence-corrected chi connectivity index (χ3v) is 9.97. The van der Waals surface area contributed by atoms with Crippen LogP contribution in [-0.2, 0) is 19.4 Å².